The summed E-state index contributed by atoms with van der Waals surface area (Å²) in [4.78, 5) is 0. The maximum Gasteiger partial charge on any atom is 0.219 e. The number of aromatic amines is 1. The average Bonchev–Trinajstić information content (AvgIpc) is 3.08. The predicted molar refractivity (Wildman–Crippen MR) is 74.5 cm³/mol. The second kappa shape index (κ2) is 5.22. The summed E-state index contributed by atoms with van der Waals surface area (Å²) in [7, 11) is 0. The number of nitrogens with one attached hydrogen (secondary N) is 1. The van der Waals surface area contributed by atoms with Crippen molar-refractivity contribution in [3.05, 3.63) is 58.8 Å². The molecule has 1 N–H and O–H groups in total. The van der Waals surface area contributed by atoms with E-state index in [1.165, 1.54) is 23.2 Å². The third-order valence-corrected chi connectivity index (χ3v) is 2.87. The first-order valence-corrected chi connectivity index (χ1v) is 6.17. The van der Waals surface area contributed by atoms with Crippen LogP contribution in [0.2, 0.25) is 0 Å². The molecule has 0 saturated heterocycles. The molecule has 0 saturated carbocycles. The van der Waals surface area contributed by atoms with Gasteiger partial charge in [0.1, 0.15) is 5.82 Å². The molecule has 2 heterocycles. The molecule has 0 amide bonds. The summed E-state index contributed by atoms with van der Waals surface area (Å²) in [5.41, 5.74) is 0.362. The van der Waals surface area contributed by atoms with Gasteiger partial charge in [0.25, 0.3) is 0 Å². The van der Waals surface area contributed by atoms with E-state index < -0.39 is 0 Å². The van der Waals surface area contributed by atoms with Crippen LogP contribution in [0.25, 0.3) is 11.6 Å². The summed E-state index contributed by atoms with van der Waals surface area (Å²) in [5, 5.41) is 10.8. The van der Waals surface area contributed by atoms with Gasteiger partial charge in [-0.05, 0) is 30.4 Å². The summed E-state index contributed by atoms with van der Waals surface area (Å²) in [6.07, 6.45) is 2.91. The van der Waals surface area contributed by atoms with Crippen LogP contribution < -0.4 is 0 Å². The Hall–Kier alpha value is -2.54. The van der Waals surface area contributed by atoms with Crippen molar-refractivity contribution in [2.24, 2.45) is 5.10 Å². The third-order valence-electron chi connectivity index (χ3n) is 2.61. The van der Waals surface area contributed by atoms with E-state index >= 15 is 0 Å². The molecule has 0 aliphatic carbocycles. The Morgan fingerprint density at radius 3 is 2.90 bits per heavy atom. The Morgan fingerprint density at radius 2 is 2.15 bits per heavy atom. The number of furan rings is 1. The molecule has 7 heteroatoms. The number of H-pyrrole nitrogens is 1. The number of nitrogens with zero attached hydrogens (tertiary/aromatic N) is 3. The molecule has 0 spiro atoms. The molecule has 0 radical (unpaired) electrons. The van der Waals surface area contributed by atoms with Gasteiger partial charge >= 0.3 is 0 Å². The van der Waals surface area contributed by atoms with Crippen LogP contribution >= 0.6 is 12.2 Å². The summed E-state index contributed by atoms with van der Waals surface area (Å²) in [6, 6.07) is 9.80. The standard InChI is InChI=1S/C13H9FN4OS/c14-10-5-2-1-4-9(10)8-15-18-12(16-17-13(18)20)11-6-3-7-19-11/h1-8H,(H,17,20)/b15-8-. The Labute approximate surface area is 118 Å². The Bertz CT molecular complexity index is 804. The van der Waals surface area contributed by atoms with Crippen LogP contribution in [0.4, 0.5) is 4.39 Å². The van der Waals surface area contributed by atoms with Crippen molar-refractivity contribution in [2.75, 3.05) is 0 Å². The lowest BCUT2D eigenvalue weighted by Gasteiger charge is -1.98. The molecule has 100 valence electrons. The van der Waals surface area contributed by atoms with Crippen LogP contribution in [0.15, 0.2) is 52.2 Å². The average molecular weight is 288 g/mol. The largest absolute Gasteiger partial charge is 0.461 e. The lowest BCUT2D eigenvalue weighted by atomic mass is 10.2. The predicted octanol–water partition coefficient (Wildman–Crippen LogP) is 3.22. The fraction of sp³-hybridized carbons (Fsp3) is 0. The van der Waals surface area contributed by atoms with Gasteiger partial charge < -0.3 is 4.42 Å². The van der Waals surface area contributed by atoms with Crippen molar-refractivity contribution < 1.29 is 8.81 Å². The van der Waals surface area contributed by atoms with Crippen LogP contribution in [0, 0.1) is 10.6 Å². The Balaban J connectivity index is 2.02. The zero-order chi connectivity index (χ0) is 13.9. The minimum atomic E-state index is -0.356. The second-order valence-electron chi connectivity index (χ2n) is 3.91. The molecule has 2 aromatic heterocycles. The summed E-state index contributed by atoms with van der Waals surface area (Å²) < 4.78 is 20.4. The van der Waals surface area contributed by atoms with Crippen LogP contribution in [0.3, 0.4) is 0 Å². The fourth-order valence-electron chi connectivity index (χ4n) is 1.66. The van der Waals surface area contributed by atoms with Crippen molar-refractivity contribution in [1.82, 2.24) is 14.9 Å². The van der Waals surface area contributed by atoms with Crippen LogP contribution in [-0.2, 0) is 0 Å². The molecule has 5 nitrogen and oxygen atoms in total. The molecule has 0 atom stereocenters. The maximum atomic E-state index is 13.5. The molecule has 0 aliphatic rings. The van der Waals surface area contributed by atoms with Crippen LogP contribution in [0.1, 0.15) is 5.56 Å². The first kappa shape index (κ1) is 12.5. The van der Waals surface area contributed by atoms with Crippen molar-refractivity contribution in [2.45, 2.75) is 0 Å². The topological polar surface area (TPSA) is 59.1 Å². The van der Waals surface area contributed by atoms with Crippen molar-refractivity contribution in [3.8, 4) is 11.6 Å². The van der Waals surface area contributed by atoms with Gasteiger partial charge in [-0.25, -0.2) is 9.49 Å². The number of hydrogen-bond acceptors (Lipinski definition) is 4. The summed E-state index contributed by atoms with van der Waals surface area (Å²) in [5.74, 6) is 0.585. The Morgan fingerprint density at radius 1 is 1.30 bits per heavy atom. The van der Waals surface area contributed by atoms with Gasteiger partial charge in [0, 0.05) is 5.56 Å². The van der Waals surface area contributed by atoms with Crippen molar-refractivity contribution in [1.29, 1.82) is 0 Å². The number of rotatable bonds is 3. The highest BCUT2D eigenvalue weighted by molar-refractivity contribution is 7.71. The number of aromatic nitrogens is 3. The van der Waals surface area contributed by atoms with Gasteiger partial charge in [0.05, 0.1) is 12.5 Å². The monoisotopic (exact) mass is 288 g/mol. The molecule has 0 aliphatic heterocycles. The van der Waals surface area contributed by atoms with E-state index in [0.29, 0.717) is 21.9 Å². The summed E-state index contributed by atoms with van der Waals surface area (Å²) in [6.45, 7) is 0. The van der Waals surface area contributed by atoms with E-state index in [9.17, 15) is 4.39 Å². The second-order valence-corrected chi connectivity index (χ2v) is 4.29. The molecule has 0 unspecified atom stereocenters. The first-order valence-electron chi connectivity index (χ1n) is 5.76. The van der Waals surface area contributed by atoms with Crippen LogP contribution in [0.5, 0.6) is 0 Å². The van der Waals surface area contributed by atoms with E-state index in [1.54, 1.807) is 30.3 Å². The zero-order valence-electron chi connectivity index (χ0n) is 10.2. The molecule has 1 aromatic carbocycles. The van der Waals surface area contributed by atoms with Gasteiger partial charge in [-0.15, -0.1) is 5.10 Å². The van der Waals surface area contributed by atoms with Gasteiger partial charge in [0.15, 0.2) is 5.76 Å². The fourth-order valence-corrected chi connectivity index (χ4v) is 1.84. The smallest absolute Gasteiger partial charge is 0.219 e. The van der Waals surface area contributed by atoms with Crippen molar-refractivity contribution >= 4 is 18.4 Å². The molecular formula is C13H9FN4OS. The highest BCUT2D eigenvalue weighted by atomic mass is 32.1. The SMILES string of the molecule is Fc1ccccc1/C=N\n1c(-c2ccco2)n[nH]c1=S. The van der Waals surface area contributed by atoms with Crippen LogP contribution in [-0.4, -0.2) is 21.1 Å². The lowest BCUT2D eigenvalue weighted by molar-refractivity contribution is 0.573. The third kappa shape index (κ3) is 2.30. The number of benzene rings is 1. The minimum absolute atomic E-state index is 0.295. The molecule has 3 rings (SSSR count). The normalized spacial score (nSPS) is 11.2. The quantitative estimate of drug-likeness (QED) is 0.594. The van der Waals surface area contributed by atoms with E-state index in [2.05, 4.69) is 15.3 Å². The van der Waals surface area contributed by atoms with E-state index in [1.807, 2.05) is 0 Å². The maximum absolute atomic E-state index is 13.5. The van der Waals surface area contributed by atoms with Gasteiger partial charge in [-0.2, -0.15) is 9.78 Å². The molecular weight excluding hydrogens is 279 g/mol. The zero-order valence-corrected chi connectivity index (χ0v) is 11.0. The van der Waals surface area contributed by atoms with Crippen molar-refractivity contribution in [3.63, 3.8) is 0 Å². The van der Waals surface area contributed by atoms with Gasteiger partial charge in [-0.1, -0.05) is 18.2 Å². The molecule has 20 heavy (non-hydrogen) atoms. The van der Waals surface area contributed by atoms with Gasteiger partial charge in [-0.3, -0.25) is 0 Å². The van der Waals surface area contributed by atoms with E-state index in [-0.39, 0.29) is 5.82 Å². The van der Waals surface area contributed by atoms with Gasteiger partial charge in [0.2, 0.25) is 10.6 Å². The highest BCUT2D eigenvalue weighted by Gasteiger charge is 2.10. The Kier molecular flexibility index (Phi) is 3.26. The highest BCUT2D eigenvalue weighted by Crippen LogP contribution is 2.17. The first-order chi connectivity index (χ1) is 9.75. The lowest BCUT2D eigenvalue weighted by Crippen LogP contribution is -1.95. The minimum Gasteiger partial charge on any atom is -0.461 e. The molecule has 0 fully saturated rings. The molecule has 3 aromatic rings. The number of halogens is 1. The van der Waals surface area contributed by atoms with E-state index in [0.717, 1.165) is 0 Å². The number of hydrogen-bond donors (Lipinski definition) is 1. The summed E-state index contributed by atoms with van der Waals surface area (Å²) >= 11 is 5.09. The molecule has 0 bridgehead atoms. The van der Waals surface area contributed by atoms with E-state index in [4.69, 9.17) is 16.6 Å².